The largest absolute Gasteiger partial charge is 0.364 e. The fourth-order valence-electron chi connectivity index (χ4n) is 2.76. The zero-order valence-corrected chi connectivity index (χ0v) is 14.0. The molecule has 2 aromatic heterocycles. The standard InChI is InChI=1S/C17H21N5O2/c1-12(23)14-4-5-17(18-9-14)19-10-15-8-16-11-21(13(2)24)6-3-7-22(16)20-15/h4-5,8-9H,3,6-7,10-11H2,1-2H3,(H,18,19). The van der Waals surface area contributed by atoms with Crippen molar-refractivity contribution in [3.63, 3.8) is 0 Å². The molecule has 0 atom stereocenters. The molecule has 0 aliphatic carbocycles. The molecular formula is C17H21N5O2. The Kier molecular flexibility index (Phi) is 4.59. The van der Waals surface area contributed by atoms with E-state index in [2.05, 4.69) is 15.4 Å². The number of nitrogens with one attached hydrogen (secondary N) is 1. The Morgan fingerprint density at radius 3 is 2.75 bits per heavy atom. The van der Waals surface area contributed by atoms with Gasteiger partial charge >= 0.3 is 0 Å². The average Bonchev–Trinajstić information content (AvgIpc) is 2.83. The molecule has 0 radical (unpaired) electrons. The highest BCUT2D eigenvalue weighted by Gasteiger charge is 2.18. The summed E-state index contributed by atoms with van der Waals surface area (Å²) in [4.78, 5) is 28.9. The third-order valence-corrected chi connectivity index (χ3v) is 4.13. The van der Waals surface area contributed by atoms with Crippen molar-refractivity contribution >= 4 is 17.5 Å². The van der Waals surface area contributed by atoms with Crippen LogP contribution in [-0.4, -0.2) is 37.9 Å². The summed E-state index contributed by atoms with van der Waals surface area (Å²) in [7, 11) is 0. The van der Waals surface area contributed by atoms with Gasteiger partial charge in [-0.3, -0.25) is 14.3 Å². The van der Waals surface area contributed by atoms with E-state index in [1.54, 1.807) is 25.3 Å². The van der Waals surface area contributed by atoms with Gasteiger partial charge in [0, 0.05) is 31.8 Å². The van der Waals surface area contributed by atoms with Crippen molar-refractivity contribution < 1.29 is 9.59 Å². The topological polar surface area (TPSA) is 80.1 Å². The molecular weight excluding hydrogens is 306 g/mol. The number of rotatable bonds is 4. The van der Waals surface area contributed by atoms with Gasteiger partial charge in [0.1, 0.15) is 5.82 Å². The highest BCUT2D eigenvalue weighted by atomic mass is 16.2. The Balaban J connectivity index is 1.65. The molecule has 1 amide bonds. The lowest BCUT2D eigenvalue weighted by molar-refractivity contribution is -0.129. The lowest BCUT2D eigenvalue weighted by Crippen LogP contribution is -2.28. The van der Waals surface area contributed by atoms with Crippen molar-refractivity contribution in [2.45, 2.75) is 39.9 Å². The number of carbonyl (C=O) groups is 2. The Morgan fingerprint density at radius 2 is 2.08 bits per heavy atom. The zero-order valence-electron chi connectivity index (χ0n) is 14.0. The Hall–Kier alpha value is -2.70. The van der Waals surface area contributed by atoms with Crippen LogP contribution in [0.1, 0.15) is 42.0 Å². The van der Waals surface area contributed by atoms with Crippen LogP contribution in [0.5, 0.6) is 0 Å². The summed E-state index contributed by atoms with van der Waals surface area (Å²) >= 11 is 0. The fraction of sp³-hybridized carbons (Fsp3) is 0.412. The van der Waals surface area contributed by atoms with E-state index in [0.29, 0.717) is 24.5 Å². The van der Waals surface area contributed by atoms with Crippen molar-refractivity contribution in [2.75, 3.05) is 11.9 Å². The normalized spacial score (nSPS) is 14.0. The molecule has 2 aromatic rings. The minimum Gasteiger partial charge on any atom is -0.364 e. The number of aromatic nitrogens is 3. The molecule has 24 heavy (non-hydrogen) atoms. The summed E-state index contributed by atoms with van der Waals surface area (Å²) in [6, 6.07) is 5.57. The molecule has 7 heteroatoms. The van der Waals surface area contributed by atoms with Crippen molar-refractivity contribution in [3.8, 4) is 0 Å². The first-order valence-electron chi connectivity index (χ1n) is 8.05. The third kappa shape index (κ3) is 3.61. The van der Waals surface area contributed by atoms with E-state index in [-0.39, 0.29) is 11.7 Å². The van der Waals surface area contributed by atoms with Crippen LogP contribution in [0, 0.1) is 0 Å². The summed E-state index contributed by atoms with van der Waals surface area (Å²) in [5, 5.41) is 7.81. The molecule has 3 rings (SSSR count). The highest BCUT2D eigenvalue weighted by molar-refractivity contribution is 5.93. The van der Waals surface area contributed by atoms with Crippen LogP contribution in [0.4, 0.5) is 5.82 Å². The van der Waals surface area contributed by atoms with Gasteiger partial charge in [-0.1, -0.05) is 0 Å². The molecule has 0 bridgehead atoms. The second kappa shape index (κ2) is 6.82. The van der Waals surface area contributed by atoms with Crippen molar-refractivity contribution in [1.29, 1.82) is 0 Å². The average molecular weight is 327 g/mol. The summed E-state index contributed by atoms with van der Waals surface area (Å²) in [6.45, 7) is 5.88. The molecule has 1 aliphatic heterocycles. The number of pyridine rings is 1. The summed E-state index contributed by atoms with van der Waals surface area (Å²) in [6.07, 6.45) is 2.48. The lowest BCUT2D eigenvalue weighted by Gasteiger charge is -2.17. The number of hydrogen-bond donors (Lipinski definition) is 1. The molecule has 0 spiro atoms. The summed E-state index contributed by atoms with van der Waals surface area (Å²) < 4.78 is 1.98. The first-order chi connectivity index (χ1) is 11.5. The Morgan fingerprint density at radius 1 is 1.25 bits per heavy atom. The summed E-state index contributed by atoms with van der Waals surface area (Å²) in [5.74, 6) is 0.801. The number of amides is 1. The maximum atomic E-state index is 11.6. The molecule has 7 nitrogen and oxygen atoms in total. The van der Waals surface area contributed by atoms with Crippen molar-refractivity contribution in [1.82, 2.24) is 19.7 Å². The smallest absolute Gasteiger partial charge is 0.219 e. The predicted octanol–water partition coefficient (Wildman–Crippen LogP) is 1.85. The SMILES string of the molecule is CC(=O)c1ccc(NCc2cc3n(n2)CCCN(C(C)=O)C3)nc1. The second-order valence-electron chi connectivity index (χ2n) is 5.99. The first-order valence-corrected chi connectivity index (χ1v) is 8.05. The van der Waals surface area contributed by atoms with Gasteiger partial charge in [0.05, 0.1) is 24.5 Å². The van der Waals surface area contributed by atoms with Gasteiger partial charge in [-0.2, -0.15) is 5.10 Å². The zero-order chi connectivity index (χ0) is 17.1. The van der Waals surface area contributed by atoms with E-state index in [0.717, 1.165) is 30.9 Å². The molecule has 0 aromatic carbocycles. The summed E-state index contributed by atoms with van der Waals surface area (Å²) in [5.41, 5.74) is 2.56. The van der Waals surface area contributed by atoms with E-state index in [9.17, 15) is 9.59 Å². The monoisotopic (exact) mass is 327 g/mol. The molecule has 1 aliphatic rings. The lowest BCUT2D eigenvalue weighted by atomic mass is 10.2. The minimum absolute atomic E-state index is 0.00178. The van der Waals surface area contributed by atoms with Gasteiger partial charge in [-0.15, -0.1) is 0 Å². The number of aryl methyl sites for hydroxylation is 1. The van der Waals surface area contributed by atoms with Crippen LogP contribution in [0.25, 0.3) is 0 Å². The Labute approximate surface area is 140 Å². The van der Waals surface area contributed by atoms with E-state index in [1.165, 1.54) is 6.92 Å². The minimum atomic E-state index is 0.00178. The molecule has 0 unspecified atom stereocenters. The number of ketones is 1. The van der Waals surface area contributed by atoms with Gasteiger partial charge in [-0.05, 0) is 31.5 Å². The maximum absolute atomic E-state index is 11.6. The van der Waals surface area contributed by atoms with E-state index < -0.39 is 0 Å². The predicted molar refractivity (Wildman–Crippen MR) is 89.5 cm³/mol. The quantitative estimate of drug-likeness (QED) is 0.867. The van der Waals surface area contributed by atoms with Crippen LogP contribution in [0.15, 0.2) is 24.4 Å². The van der Waals surface area contributed by atoms with Crippen LogP contribution in [0.2, 0.25) is 0 Å². The first kappa shape index (κ1) is 16.2. The molecule has 3 heterocycles. The molecule has 126 valence electrons. The van der Waals surface area contributed by atoms with Crippen molar-refractivity contribution in [2.24, 2.45) is 0 Å². The molecule has 0 fully saturated rings. The van der Waals surface area contributed by atoms with Crippen LogP contribution >= 0.6 is 0 Å². The number of nitrogens with zero attached hydrogens (tertiary/aromatic N) is 4. The molecule has 1 N–H and O–H groups in total. The Bertz CT molecular complexity index is 751. The highest BCUT2D eigenvalue weighted by Crippen LogP contribution is 2.15. The van der Waals surface area contributed by atoms with Crippen molar-refractivity contribution in [3.05, 3.63) is 41.3 Å². The van der Waals surface area contributed by atoms with Crippen LogP contribution < -0.4 is 5.32 Å². The van der Waals surface area contributed by atoms with E-state index in [1.807, 2.05) is 15.6 Å². The molecule has 0 saturated carbocycles. The number of fused-ring (bicyclic) bond motifs is 1. The van der Waals surface area contributed by atoms with Crippen LogP contribution in [0.3, 0.4) is 0 Å². The second-order valence-corrected chi connectivity index (χ2v) is 5.99. The third-order valence-electron chi connectivity index (χ3n) is 4.13. The number of carbonyl (C=O) groups excluding carboxylic acids is 2. The van der Waals surface area contributed by atoms with Crippen LogP contribution in [-0.2, 0) is 24.4 Å². The maximum Gasteiger partial charge on any atom is 0.219 e. The number of anilines is 1. The van der Waals surface area contributed by atoms with Gasteiger partial charge in [-0.25, -0.2) is 4.98 Å². The van der Waals surface area contributed by atoms with Gasteiger partial charge in [0.25, 0.3) is 0 Å². The van der Waals surface area contributed by atoms with E-state index >= 15 is 0 Å². The van der Waals surface area contributed by atoms with Gasteiger partial charge in [0.2, 0.25) is 5.91 Å². The molecule has 0 saturated heterocycles. The fourth-order valence-corrected chi connectivity index (χ4v) is 2.76. The van der Waals surface area contributed by atoms with Gasteiger partial charge < -0.3 is 10.2 Å². The number of Topliss-reactive ketones (excluding diaryl/α,β-unsaturated/α-hetero) is 1. The number of hydrogen-bond acceptors (Lipinski definition) is 5. The van der Waals surface area contributed by atoms with Gasteiger partial charge in [0.15, 0.2) is 5.78 Å². The van der Waals surface area contributed by atoms with E-state index in [4.69, 9.17) is 0 Å².